The van der Waals surface area contributed by atoms with Gasteiger partial charge in [0.05, 0.1) is 6.61 Å². The smallest absolute Gasteiger partial charge is 0.407 e. The number of hydrogen-bond acceptors (Lipinski definition) is 4. The normalized spacial score (nSPS) is 26.0. The quantitative estimate of drug-likeness (QED) is 0.770. The molecule has 5 heteroatoms. The Balaban J connectivity index is 2.15. The molecule has 0 bridgehead atoms. The average molecular weight is 233 g/mol. The lowest BCUT2D eigenvalue weighted by atomic mass is 9.95. The molecule has 0 aromatic rings. The van der Waals surface area contributed by atoms with Crippen LogP contribution < -0.4 is 5.32 Å². The average Bonchev–Trinajstić information content (AvgIpc) is 2.27. The number of carbonyl (C=O) groups excluding carboxylic acids is 1. The van der Waals surface area contributed by atoms with Gasteiger partial charge in [-0.15, -0.1) is 0 Å². The fraction of sp³-hybridized carbons (Fsp3) is 0.900. The van der Waals surface area contributed by atoms with E-state index in [-0.39, 0.29) is 19.3 Å². The second kappa shape index (κ2) is 6.95. The van der Waals surface area contributed by atoms with Gasteiger partial charge < -0.3 is 15.2 Å². The highest BCUT2D eigenvalue weighted by molar-refractivity contribution is 7.99. The highest BCUT2D eigenvalue weighted by Gasteiger charge is 2.21. The Bertz CT molecular complexity index is 193. The van der Waals surface area contributed by atoms with Crippen molar-refractivity contribution in [1.29, 1.82) is 0 Å². The highest BCUT2D eigenvalue weighted by Crippen LogP contribution is 2.26. The van der Waals surface area contributed by atoms with E-state index in [0.29, 0.717) is 0 Å². The summed E-state index contributed by atoms with van der Waals surface area (Å²) in [6.45, 7) is -0.0430. The molecule has 0 radical (unpaired) electrons. The number of ether oxygens (including phenoxy) is 1. The van der Waals surface area contributed by atoms with Crippen molar-refractivity contribution in [3.63, 3.8) is 0 Å². The van der Waals surface area contributed by atoms with Gasteiger partial charge in [0, 0.05) is 11.3 Å². The molecule has 0 heterocycles. The van der Waals surface area contributed by atoms with Crippen LogP contribution >= 0.6 is 11.8 Å². The molecule has 0 aromatic heterocycles. The number of amides is 1. The zero-order chi connectivity index (χ0) is 11.1. The molecular weight excluding hydrogens is 214 g/mol. The molecule has 1 rings (SSSR count). The summed E-state index contributed by atoms with van der Waals surface area (Å²) < 4.78 is 4.74. The van der Waals surface area contributed by atoms with Crippen LogP contribution in [0, 0.1) is 0 Å². The summed E-state index contributed by atoms with van der Waals surface area (Å²) in [5.74, 6) is 0. The van der Waals surface area contributed by atoms with Crippen molar-refractivity contribution in [2.24, 2.45) is 0 Å². The van der Waals surface area contributed by atoms with E-state index in [9.17, 15) is 4.79 Å². The van der Waals surface area contributed by atoms with Crippen molar-refractivity contribution in [1.82, 2.24) is 5.32 Å². The number of aliphatic hydroxyl groups excluding tert-OH is 1. The van der Waals surface area contributed by atoms with Gasteiger partial charge >= 0.3 is 6.09 Å². The predicted molar refractivity (Wildman–Crippen MR) is 61.1 cm³/mol. The maximum atomic E-state index is 11.2. The third-order valence-corrected chi connectivity index (χ3v) is 3.79. The summed E-state index contributed by atoms with van der Waals surface area (Å²) in [6.07, 6.45) is 6.10. The number of alkyl carbamates (subject to hydrolysis) is 1. The molecular formula is C10H19NO3S. The first-order valence-corrected chi connectivity index (χ1v) is 6.62. The van der Waals surface area contributed by atoms with Crippen molar-refractivity contribution < 1.29 is 14.6 Å². The number of nitrogens with one attached hydrogen (secondary N) is 1. The van der Waals surface area contributed by atoms with Gasteiger partial charge in [0.25, 0.3) is 0 Å². The van der Waals surface area contributed by atoms with E-state index >= 15 is 0 Å². The van der Waals surface area contributed by atoms with E-state index in [4.69, 9.17) is 9.84 Å². The first-order valence-electron chi connectivity index (χ1n) is 5.33. The molecule has 1 fully saturated rings. The zero-order valence-electron chi connectivity index (χ0n) is 9.07. The number of carbonyl (C=O) groups is 1. The summed E-state index contributed by atoms with van der Waals surface area (Å²) in [7, 11) is 0. The maximum absolute atomic E-state index is 11.2. The summed E-state index contributed by atoms with van der Waals surface area (Å²) in [5, 5.41) is 12.0. The van der Waals surface area contributed by atoms with Crippen LogP contribution in [0.2, 0.25) is 0 Å². The molecule has 1 aliphatic rings. The van der Waals surface area contributed by atoms with Crippen LogP contribution in [-0.4, -0.2) is 42.0 Å². The second-order valence-corrected chi connectivity index (χ2v) is 4.85. The van der Waals surface area contributed by atoms with Crippen LogP contribution in [0.1, 0.15) is 25.7 Å². The summed E-state index contributed by atoms with van der Waals surface area (Å²) >= 11 is 1.90. The number of hydrogen-bond donors (Lipinski definition) is 2. The van der Waals surface area contributed by atoms with Crippen molar-refractivity contribution >= 4 is 17.9 Å². The van der Waals surface area contributed by atoms with E-state index in [0.717, 1.165) is 30.9 Å². The first kappa shape index (κ1) is 12.6. The fourth-order valence-electron chi connectivity index (χ4n) is 1.79. The summed E-state index contributed by atoms with van der Waals surface area (Å²) in [5.41, 5.74) is 0. The molecule has 2 N–H and O–H groups in total. The monoisotopic (exact) mass is 233 g/mol. The van der Waals surface area contributed by atoms with Gasteiger partial charge in [-0.05, 0) is 31.9 Å². The molecule has 1 aliphatic carbocycles. The molecule has 1 amide bonds. The Morgan fingerprint density at radius 2 is 2.13 bits per heavy atom. The molecule has 0 spiro atoms. The summed E-state index contributed by atoms with van der Waals surface area (Å²) in [4.78, 5) is 11.2. The molecule has 88 valence electrons. The largest absolute Gasteiger partial charge is 0.447 e. The lowest BCUT2D eigenvalue weighted by molar-refractivity contribution is 0.114. The van der Waals surface area contributed by atoms with Crippen LogP contribution in [0.15, 0.2) is 0 Å². The molecule has 0 atom stereocenters. The Morgan fingerprint density at radius 3 is 2.67 bits per heavy atom. The minimum absolute atomic E-state index is 0.0754. The van der Waals surface area contributed by atoms with E-state index in [1.807, 2.05) is 11.8 Å². The predicted octanol–water partition coefficient (Wildman–Crippen LogP) is 1.38. The zero-order valence-corrected chi connectivity index (χ0v) is 9.89. The van der Waals surface area contributed by atoms with Gasteiger partial charge in [-0.2, -0.15) is 11.8 Å². The van der Waals surface area contributed by atoms with Crippen molar-refractivity contribution in [3.8, 4) is 0 Å². The lowest BCUT2D eigenvalue weighted by Gasteiger charge is -2.27. The van der Waals surface area contributed by atoms with Gasteiger partial charge in [-0.3, -0.25) is 0 Å². The SMILES string of the molecule is CSC1CCC(NC(=O)OCCO)CC1. The first-order chi connectivity index (χ1) is 7.26. The Morgan fingerprint density at radius 1 is 1.47 bits per heavy atom. The topological polar surface area (TPSA) is 58.6 Å². The minimum Gasteiger partial charge on any atom is -0.447 e. The summed E-state index contributed by atoms with van der Waals surface area (Å²) in [6, 6.07) is 0.250. The van der Waals surface area contributed by atoms with E-state index in [1.54, 1.807) is 0 Å². The lowest BCUT2D eigenvalue weighted by Crippen LogP contribution is -2.38. The van der Waals surface area contributed by atoms with Crippen molar-refractivity contribution in [3.05, 3.63) is 0 Å². The van der Waals surface area contributed by atoms with Crippen LogP contribution in [0.4, 0.5) is 4.79 Å². The standard InChI is InChI=1S/C10H19NO3S/c1-15-9-4-2-8(3-5-9)11-10(13)14-7-6-12/h8-9,12H,2-7H2,1H3,(H,11,13). The third-order valence-electron chi connectivity index (χ3n) is 2.65. The minimum atomic E-state index is -0.406. The Hall–Kier alpha value is -0.420. The van der Waals surface area contributed by atoms with E-state index in [1.165, 1.54) is 0 Å². The van der Waals surface area contributed by atoms with Gasteiger partial charge in [0.1, 0.15) is 6.61 Å². The fourth-order valence-corrected chi connectivity index (χ4v) is 2.53. The van der Waals surface area contributed by atoms with Crippen LogP contribution in [0.5, 0.6) is 0 Å². The van der Waals surface area contributed by atoms with Crippen molar-refractivity contribution in [2.45, 2.75) is 37.0 Å². The second-order valence-electron chi connectivity index (χ2n) is 3.71. The van der Waals surface area contributed by atoms with E-state index < -0.39 is 6.09 Å². The molecule has 0 aliphatic heterocycles. The number of thioether (sulfide) groups is 1. The molecule has 0 unspecified atom stereocenters. The number of aliphatic hydroxyl groups is 1. The van der Waals surface area contributed by atoms with Gasteiger partial charge in [-0.25, -0.2) is 4.79 Å². The highest BCUT2D eigenvalue weighted by atomic mass is 32.2. The Labute approximate surface area is 94.8 Å². The van der Waals surface area contributed by atoms with Crippen LogP contribution in [0.25, 0.3) is 0 Å². The van der Waals surface area contributed by atoms with Gasteiger partial charge in [0.15, 0.2) is 0 Å². The molecule has 1 saturated carbocycles. The van der Waals surface area contributed by atoms with Crippen molar-refractivity contribution in [2.75, 3.05) is 19.5 Å². The van der Waals surface area contributed by atoms with Crippen LogP contribution in [0.3, 0.4) is 0 Å². The molecule has 15 heavy (non-hydrogen) atoms. The molecule has 0 aromatic carbocycles. The Kier molecular flexibility index (Phi) is 5.86. The molecule has 4 nitrogen and oxygen atoms in total. The van der Waals surface area contributed by atoms with Gasteiger partial charge in [-0.1, -0.05) is 0 Å². The van der Waals surface area contributed by atoms with Crippen LogP contribution in [-0.2, 0) is 4.74 Å². The van der Waals surface area contributed by atoms with E-state index in [2.05, 4.69) is 11.6 Å². The molecule has 0 saturated heterocycles. The maximum Gasteiger partial charge on any atom is 0.407 e. The van der Waals surface area contributed by atoms with Gasteiger partial charge in [0.2, 0.25) is 0 Å². The third kappa shape index (κ3) is 4.75. The number of rotatable bonds is 4.